The van der Waals surface area contributed by atoms with Gasteiger partial charge >= 0.3 is 5.97 Å². The van der Waals surface area contributed by atoms with E-state index in [1.807, 2.05) is 0 Å². The van der Waals surface area contributed by atoms with Crippen molar-refractivity contribution in [2.45, 2.75) is 38.1 Å². The molecule has 7 nitrogen and oxygen atoms in total. The van der Waals surface area contributed by atoms with Gasteiger partial charge in [-0.3, -0.25) is 0 Å². The molecule has 2 N–H and O–H groups in total. The lowest BCUT2D eigenvalue weighted by molar-refractivity contribution is 0.0683. The lowest BCUT2D eigenvalue weighted by atomic mass is 10.3. The molecular weight excluding hydrogens is 296 g/mol. The van der Waals surface area contributed by atoms with Crippen LogP contribution in [0.5, 0.6) is 0 Å². The molecule has 1 heterocycles. The number of hydrogen-bond donors (Lipinski definition) is 2. The topological polar surface area (TPSA) is 99.8 Å². The molecule has 0 aromatic carbocycles. The second kappa shape index (κ2) is 7.06. The maximum Gasteiger partial charge on any atom is 0.352 e. The van der Waals surface area contributed by atoms with Crippen molar-refractivity contribution in [1.29, 1.82) is 0 Å². The minimum atomic E-state index is -3.75. The van der Waals surface area contributed by atoms with Crippen molar-refractivity contribution in [1.82, 2.24) is 8.87 Å². The largest absolute Gasteiger partial charge is 0.477 e. The van der Waals surface area contributed by atoms with Gasteiger partial charge in [0, 0.05) is 31.9 Å². The van der Waals surface area contributed by atoms with Crippen molar-refractivity contribution in [3.63, 3.8) is 0 Å². The Kier molecular flexibility index (Phi) is 5.94. The molecule has 0 spiro atoms. The van der Waals surface area contributed by atoms with Crippen LogP contribution in [0.25, 0.3) is 0 Å². The van der Waals surface area contributed by atoms with Crippen molar-refractivity contribution in [2.75, 3.05) is 19.7 Å². The predicted molar refractivity (Wildman–Crippen MR) is 77.9 cm³/mol. The van der Waals surface area contributed by atoms with Crippen LogP contribution in [0.1, 0.15) is 43.7 Å². The first-order chi connectivity index (χ1) is 9.75. The van der Waals surface area contributed by atoms with Gasteiger partial charge in [0.2, 0.25) is 10.0 Å². The number of carbonyl (C=O) groups is 1. The Labute approximate surface area is 124 Å². The fraction of sp³-hybridized carbons (Fsp3) is 0.615. The molecule has 1 rings (SSSR count). The number of carboxylic acid groups (broad SMARTS) is 1. The number of aliphatic hydroxyl groups is 1. The van der Waals surface area contributed by atoms with Crippen LogP contribution in [0.4, 0.5) is 0 Å². The van der Waals surface area contributed by atoms with Gasteiger partial charge in [0.15, 0.2) is 0 Å². The minimum Gasteiger partial charge on any atom is -0.477 e. The average Bonchev–Trinajstić information content (AvgIpc) is 2.85. The zero-order chi connectivity index (χ0) is 16.2. The fourth-order valence-corrected chi connectivity index (χ4v) is 3.55. The number of aromatic nitrogens is 1. The molecule has 0 aliphatic heterocycles. The molecule has 0 atom stereocenters. The van der Waals surface area contributed by atoms with Gasteiger partial charge in [-0.25, -0.2) is 13.2 Å². The summed E-state index contributed by atoms with van der Waals surface area (Å²) in [6, 6.07) is 1.02. The highest BCUT2D eigenvalue weighted by Gasteiger charge is 2.27. The molecule has 8 heteroatoms. The highest BCUT2D eigenvalue weighted by atomic mass is 32.2. The van der Waals surface area contributed by atoms with E-state index in [0.29, 0.717) is 6.42 Å². The number of hydrogen-bond acceptors (Lipinski definition) is 4. The van der Waals surface area contributed by atoms with E-state index < -0.39 is 16.0 Å². The van der Waals surface area contributed by atoms with E-state index in [1.165, 1.54) is 21.1 Å². The summed E-state index contributed by atoms with van der Waals surface area (Å²) >= 11 is 0. The van der Waals surface area contributed by atoms with Gasteiger partial charge < -0.3 is 14.8 Å². The zero-order valence-corrected chi connectivity index (χ0v) is 13.3. The van der Waals surface area contributed by atoms with Crippen LogP contribution in [0.15, 0.2) is 17.2 Å². The Bertz CT molecular complexity index is 592. The van der Waals surface area contributed by atoms with Gasteiger partial charge in [-0.05, 0) is 26.3 Å². The van der Waals surface area contributed by atoms with Crippen molar-refractivity contribution in [2.24, 2.45) is 0 Å². The Morgan fingerprint density at radius 1 is 1.43 bits per heavy atom. The first-order valence-corrected chi connectivity index (χ1v) is 8.25. The number of aliphatic hydroxyl groups excluding tert-OH is 1. The van der Waals surface area contributed by atoms with Crippen LogP contribution in [-0.2, 0) is 10.0 Å². The van der Waals surface area contributed by atoms with E-state index in [0.717, 1.165) is 0 Å². The Hall–Kier alpha value is -1.38. The lowest BCUT2D eigenvalue weighted by Gasteiger charge is -2.19. The van der Waals surface area contributed by atoms with Crippen LogP contribution in [0, 0.1) is 0 Å². The van der Waals surface area contributed by atoms with Gasteiger partial charge in [0.1, 0.15) is 10.6 Å². The van der Waals surface area contributed by atoms with Crippen LogP contribution in [-0.4, -0.2) is 53.2 Å². The van der Waals surface area contributed by atoms with Crippen molar-refractivity contribution < 1.29 is 23.4 Å². The molecule has 1 aromatic rings. The summed E-state index contributed by atoms with van der Waals surface area (Å²) in [4.78, 5) is 11.2. The highest BCUT2D eigenvalue weighted by molar-refractivity contribution is 7.89. The monoisotopic (exact) mass is 318 g/mol. The molecule has 120 valence electrons. The molecule has 0 bridgehead atoms. The van der Waals surface area contributed by atoms with E-state index in [9.17, 15) is 13.2 Å². The second-order valence-electron chi connectivity index (χ2n) is 4.94. The minimum absolute atomic E-state index is 0.0339. The van der Waals surface area contributed by atoms with Crippen molar-refractivity contribution in [3.8, 4) is 0 Å². The SMILES string of the molecule is CCN(CCCO)S(=O)(=O)c1cc(C(=O)O)n(C(C)C)c1. The van der Waals surface area contributed by atoms with Gasteiger partial charge in [-0.2, -0.15) is 4.31 Å². The molecule has 0 amide bonds. The quantitative estimate of drug-likeness (QED) is 0.749. The third kappa shape index (κ3) is 3.84. The third-order valence-corrected chi connectivity index (χ3v) is 5.09. The standard InChI is InChI=1S/C13H22N2O5S/c1-4-14(6-5-7-16)21(19,20)11-8-12(13(17)18)15(9-11)10(2)3/h8-10,16H,4-7H2,1-3H3,(H,17,18). The third-order valence-electron chi connectivity index (χ3n) is 3.16. The van der Waals surface area contributed by atoms with Gasteiger partial charge in [-0.15, -0.1) is 0 Å². The summed E-state index contributed by atoms with van der Waals surface area (Å²) in [7, 11) is -3.75. The molecule has 0 radical (unpaired) electrons. The maximum absolute atomic E-state index is 12.5. The molecule has 0 aliphatic carbocycles. The van der Waals surface area contributed by atoms with E-state index >= 15 is 0 Å². The molecule has 21 heavy (non-hydrogen) atoms. The first kappa shape index (κ1) is 17.7. The molecular formula is C13H22N2O5S. The number of rotatable bonds is 8. The van der Waals surface area contributed by atoms with Crippen LogP contribution < -0.4 is 0 Å². The fourth-order valence-electron chi connectivity index (χ4n) is 2.04. The van der Waals surface area contributed by atoms with Crippen LogP contribution >= 0.6 is 0 Å². The summed E-state index contributed by atoms with van der Waals surface area (Å²) in [5.74, 6) is -1.16. The van der Waals surface area contributed by atoms with Crippen molar-refractivity contribution >= 4 is 16.0 Å². The lowest BCUT2D eigenvalue weighted by Crippen LogP contribution is -2.32. The number of carboxylic acids is 1. The molecule has 0 aliphatic rings. The average molecular weight is 318 g/mol. The summed E-state index contributed by atoms with van der Waals surface area (Å²) < 4.78 is 27.7. The van der Waals surface area contributed by atoms with Crippen LogP contribution in [0.2, 0.25) is 0 Å². The first-order valence-electron chi connectivity index (χ1n) is 6.81. The Balaban J connectivity index is 3.25. The van der Waals surface area contributed by atoms with Crippen LogP contribution in [0.3, 0.4) is 0 Å². The van der Waals surface area contributed by atoms with Gasteiger partial charge in [0.25, 0.3) is 0 Å². The molecule has 0 fully saturated rings. The predicted octanol–water partition coefficient (Wildman–Crippen LogP) is 1.16. The van der Waals surface area contributed by atoms with Gasteiger partial charge in [0.05, 0.1) is 0 Å². The maximum atomic E-state index is 12.5. The summed E-state index contributed by atoms with van der Waals surface area (Å²) in [5, 5.41) is 18.0. The van der Waals surface area contributed by atoms with Gasteiger partial charge in [-0.1, -0.05) is 6.92 Å². The number of nitrogens with zero attached hydrogens (tertiary/aromatic N) is 2. The zero-order valence-electron chi connectivity index (χ0n) is 12.5. The molecule has 0 unspecified atom stereocenters. The highest BCUT2D eigenvalue weighted by Crippen LogP contribution is 2.22. The molecule has 1 aromatic heterocycles. The normalized spacial score (nSPS) is 12.3. The second-order valence-corrected chi connectivity index (χ2v) is 6.88. The Morgan fingerprint density at radius 3 is 2.43 bits per heavy atom. The van der Waals surface area contributed by atoms with Crippen molar-refractivity contribution in [3.05, 3.63) is 18.0 Å². The van der Waals surface area contributed by atoms with E-state index in [1.54, 1.807) is 20.8 Å². The molecule has 0 saturated carbocycles. The van der Waals surface area contributed by atoms with E-state index in [-0.39, 0.29) is 36.3 Å². The van der Waals surface area contributed by atoms with E-state index in [2.05, 4.69) is 0 Å². The number of aromatic carboxylic acids is 1. The smallest absolute Gasteiger partial charge is 0.352 e. The Morgan fingerprint density at radius 2 is 2.05 bits per heavy atom. The number of sulfonamides is 1. The molecule has 0 saturated heterocycles. The summed E-state index contributed by atoms with van der Waals surface area (Å²) in [6.45, 7) is 5.63. The summed E-state index contributed by atoms with van der Waals surface area (Å²) in [6.07, 6.45) is 1.69. The van der Waals surface area contributed by atoms with E-state index in [4.69, 9.17) is 10.2 Å². The summed E-state index contributed by atoms with van der Waals surface area (Å²) in [5.41, 5.74) is -0.0539.